The largest absolute Gasteiger partial charge is 0.396 e. The summed E-state index contributed by atoms with van der Waals surface area (Å²) in [6.07, 6.45) is 0.613. The minimum absolute atomic E-state index is 0.0905. The summed E-state index contributed by atoms with van der Waals surface area (Å²) in [7, 11) is 0. The lowest BCUT2D eigenvalue weighted by atomic mass is 10.2. The molecular weight excluding hydrogens is 293 g/mol. The number of benzene rings is 1. The minimum Gasteiger partial charge on any atom is -0.396 e. The fourth-order valence-electron chi connectivity index (χ4n) is 1.17. The highest BCUT2D eigenvalue weighted by Crippen LogP contribution is 2.32. The number of hydrogen-bond acceptors (Lipinski definition) is 3. The Balaban J connectivity index is 2.91. The van der Waals surface area contributed by atoms with Gasteiger partial charge in [-0.2, -0.15) is 5.26 Å². The number of halogens is 2. The van der Waals surface area contributed by atoms with Crippen molar-refractivity contribution in [3.05, 3.63) is 28.0 Å². The monoisotopic (exact) mass is 303 g/mol. The Morgan fingerprint density at radius 3 is 2.88 bits per heavy atom. The molecule has 1 atom stereocenters. The van der Waals surface area contributed by atoms with Gasteiger partial charge in [0.15, 0.2) is 5.82 Å². The van der Waals surface area contributed by atoms with E-state index in [4.69, 9.17) is 10.4 Å². The number of hydrogen-bond donors (Lipinski definition) is 1. The van der Waals surface area contributed by atoms with E-state index in [-0.39, 0.29) is 21.9 Å². The Kier molecular flexibility index (Phi) is 5.26. The van der Waals surface area contributed by atoms with Gasteiger partial charge in [0.05, 0.1) is 10.0 Å². The van der Waals surface area contributed by atoms with E-state index < -0.39 is 5.82 Å². The number of nitriles is 1. The van der Waals surface area contributed by atoms with Crippen molar-refractivity contribution >= 4 is 27.7 Å². The number of nitrogens with zero attached hydrogens (tertiary/aromatic N) is 1. The fourth-order valence-corrected chi connectivity index (χ4v) is 2.74. The van der Waals surface area contributed by atoms with Gasteiger partial charge in [0.2, 0.25) is 0 Å². The van der Waals surface area contributed by atoms with Crippen molar-refractivity contribution in [1.29, 1.82) is 5.26 Å². The second kappa shape index (κ2) is 6.24. The van der Waals surface area contributed by atoms with E-state index in [2.05, 4.69) is 15.9 Å². The van der Waals surface area contributed by atoms with E-state index in [1.165, 1.54) is 11.8 Å². The molecule has 1 N–H and O–H groups in total. The molecule has 0 fully saturated rings. The molecule has 1 rings (SSSR count). The van der Waals surface area contributed by atoms with Gasteiger partial charge in [0, 0.05) is 16.8 Å². The van der Waals surface area contributed by atoms with Crippen LogP contribution in [0, 0.1) is 17.1 Å². The van der Waals surface area contributed by atoms with Crippen LogP contribution in [0.25, 0.3) is 0 Å². The van der Waals surface area contributed by atoms with Crippen LogP contribution in [0.15, 0.2) is 21.5 Å². The molecule has 0 heterocycles. The molecule has 0 saturated heterocycles. The maximum atomic E-state index is 13.8. The van der Waals surface area contributed by atoms with Crippen molar-refractivity contribution in [1.82, 2.24) is 0 Å². The summed E-state index contributed by atoms with van der Waals surface area (Å²) in [4.78, 5) is 0.492. The SMILES string of the molecule is CC(CCO)Sc1ccc(C#N)c(Br)c1F. The van der Waals surface area contributed by atoms with Crippen molar-refractivity contribution in [2.24, 2.45) is 0 Å². The summed E-state index contributed by atoms with van der Waals surface area (Å²) in [6, 6.07) is 5.08. The summed E-state index contributed by atoms with van der Waals surface area (Å²) in [5.74, 6) is -0.408. The molecule has 0 spiro atoms. The molecule has 0 radical (unpaired) electrons. The summed E-state index contributed by atoms with van der Waals surface area (Å²) in [5.41, 5.74) is 0.289. The zero-order valence-electron chi connectivity index (χ0n) is 8.70. The van der Waals surface area contributed by atoms with Gasteiger partial charge in [-0.3, -0.25) is 0 Å². The number of rotatable bonds is 4. The molecule has 16 heavy (non-hydrogen) atoms. The Morgan fingerprint density at radius 1 is 1.62 bits per heavy atom. The number of thioether (sulfide) groups is 1. The highest BCUT2D eigenvalue weighted by atomic mass is 79.9. The third-order valence-corrected chi connectivity index (χ3v) is 4.01. The predicted molar refractivity (Wildman–Crippen MR) is 65.8 cm³/mol. The quantitative estimate of drug-likeness (QED) is 0.868. The first-order valence-corrected chi connectivity index (χ1v) is 6.43. The molecule has 86 valence electrons. The summed E-state index contributed by atoms with van der Waals surface area (Å²) >= 11 is 4.41. The van der Waals surface area contributed by atoms with Gasteiger partial charge in [-0.15, -0.1) is 11.8 Å². The van der Waals surface area contributed by atoms with Gasteiger partial charge in [0.1, 0.15) is 6.07 Å². The van der Waals surface area contributed by atoms with Crippen LogP contribution in [0.3, 0.4) is 0 Å². The Labute approximate surface area is 107 Å². The van der Waals surface area contributed by atoms with Gasteiger partial charge >= 0.3 is 0 Å². The molecular formula is C11H11BrFNOS. The molecule has 0 saturated carbocycles. The van der Waals surface area contributed by atoms with E-state index in [0.717, 1.165) is 0 Å². The van der Waals surface area contributed by atoms with E-state index in [0.29, 0.717) is 11.3 Å². The smallest absolute Gasteiger partial charge is 0.152 e. The Hall–Kier alpha value is -0.570. The van der Waals surface area contributed by atoms with E-state index in [1.807, 2.05) is 13.0 Å². The molecule has 1 unspecified atom stereocenters. The first-order valence-electron chi connectivity index (χ1n) is 4.75. The number of aliphatic hydroxyl groups is 1. The molecule has 0 aliphatic heterocycles. The van der Waals surface area contributed by atoms with Gasteiger partial charge in [-0.1, -0.05) is 6.92 Å². The average molecular weight is 304 g/mol. The maximum absolute atomic E-state index is 13.8. The van der Waals surface area contributed by atoms with Gasteiger partial charge < -0.3 is 5.11 Å². The van der Waals surface area contributed by atoms with Crippen molar-refractivity contribution < 1.29 is 9.50 Å². The van der Waals surface area contributed by atoms with Crippen molar-refractivity contribution in [2.45, 2.75) is 23.5 Å². The van der Waals surface area contributed by atoms with Crippen LogP contribution >= 0.6 is 27.7 Å². The standard InChI is InChI=1S/C11H11BrFNOS/c1-7(4-5-15)16-9-3-2-8(6-14)10(12)11(9)13/h2-3,7,15H,4-5H2,1H3. The average Bonchev–Trinajstić information content (AvgIpc) is 2.25. The lowest BCUT2D eigenvalue weighted by molar-refractivity contribution is 0.289. The highest BCUT2D eigenvalue weighted by molar-refractivity contribution is 9.10. The lowest BCUT2D eigenvalue weighted by Gasteiger charge is -2.11. The summed E-state index contributed by atoms with van der Waals surface area (Å²) < 4.78 is 14.0. The predicted octanol–water partition coefficient (Wildman–Crippen LogP) is 3.32. The maximum Gasteiger partial charge on any atom is 0.152 e. The molecule has 2 nitrogen and oxygen atoms in total. The molecule has 1 aromatic carbocycles. The van der Waals surface area contributed by atoms with E-state index in [9.17, 15) is 4.39 Å². The minimum atomic E-state index is -0.408. The summed E-state index contributed by atoms with van der Waals surface area (Å²) in [6.45, 7) is 2.01. The Morgan fingerprint density at radius 2 is 2.31 bits per heavy atom. The first kappa shape index (κ1) is 13.5. The Bertz CT molecular complexity index is 419. The van der Waals surface area contributed by atoms with Crippen LogP contribution in [-0.2, 0) is 0 Å². The zero-order valence-corrected chi connectivity index (χ0v) is 11.1. The third kappa shape index (κ3) is 3.21. The van der Waals surface area contributed by atoms with Gasteiger partial charge in [-0.05, 0) is 34.5 Å². The van der Waals surface area contributed by atoms with Crippen molar-refractivity contribution in [3.63, 3.8) is 0 Å². The van der Waals surface area contributed by atoms with Crippen LogP contribution in [0.5, 0.6) is 0 Å². The molecule has 0 bridgehead atoms. The fraction of sp³-hybridized carbons (Fsp3) is 0.364. The normalized spacial score (nSPS) is 12.2. The van der Waals surface area contributed by atoms with Gasteiger partial charge in [-0.25, -0.2) is 4.39 Å². The van der Waals surface area contributed by atoms with Gasteiger partial charge in [0.25, 0.3) is 0 Å². The number of aliphatic hydroxyl groups excluding tert-OH is 1. The topological polar surface area (TPSA) is 44.0 Å². The van der Waals surface area contributed by atoms with Crippen LogP contribution in [0.1, 0.15) is 18.9 Å². The van der Waals surface area contributed by atoms with Crippen LogP contribution in [0.2, 0.25) is 0 Å². The molecule has 0 amide bonds. The lowest BCUT2D eigenvalue weighted by Crippen LogP contribution is -2.00. The van der Waals surface area contributed by atoms with E-state index in [1.54, 1.807) is 12.1 Å². The molecule has 5 heteroatoms. The molecule has 0 aromatic heterocycles. The van der Waals surface area contributed by atoms with Crippen LogP contribution in [-0.4, -0.2) is 17.0 Å². The molecule has 0 aliphatic rings. The van der Waals surface area contributed by atoms with Crippen LogP contribution < -0.4 is 0 Å². The van der Waals surface area contributed by atoms with Crippen molar-refractivity contribution in [3.8, 4) is 6.07 Å². The van der Waals surface area contributed by atoms with Crippen LogP contribution in [0.4, 0.5) is 4.39 Å². The zero-order chi connectivity index (χ0) is 12.1. The van der Waals surface area contributed by atoms with Crippen molar-refractivity contribution in [2.75, 3.05) is 6.61 Å². The molecule has 0 aliphatic carbocycles. The summed E-state index contributed by atoms with van der Waals surface area (Å²) in [5, 5.41) is 17.6. The molecule has 1 aromatic rings. The van der Waals surface area contributed by atoms with E-state index >= 15 is 0 Å². The second-order valence-electron chi connectivity index (χ2n) is 3.29. The third-order valence-electron chi connectivity index (χ3n) is 2.03. The highest BCUT2D eigenvalue weighted by Gasteiger charge is 2.13. The first-order chi connectivity index (χ1) is 7.60. The second-order valence-corrected chi connectivity index (χ2v) is 5.57.